The predicted octanol–water partition coefficient (Wildman–Crippen LogP) is 2.20. The summed E-state index contributed by atoms with van der Waals surface area (Å²) < 4.78 is 15.6. The third-order valence-corrected chi connectivity index (χ3v) is 4.97. The molecule has 1 saturated heterocycles. The van der Waals surface area contributed by atoms with Crippen LogP contribution >= 0.6 is 0 Å². The van der Waals surface area contributed by atoms with Gasteiger partial charge < -0.3 is 29.7 Å². The summed E-state index contributed by atoms with van der Waals surface area (Å²) in [5.41, 5.74) is 1.61. The molecule has 1 atom stereocenters. The molecule has 3 rings (SSSR count). The maximum absolute atomic E-state index is 12.5. The molecule has 2 N–H and O–H groups in total. The Labute approximate surface area is 190 Å². The van der Waals surface area contributed by atoms with Gasteiger partial charge in [0.15, 0.2) is 6.61 Å². The number of hydrogen-bond acceptors (Lipinski definition) is 7. The maximum atomic E-state index is 12.5. The Morgan fingerprint density at radius 3 is 2.27 bits per heavy atom. The highest BCUT2D eigenvalue weighted by Gasteiger charge is 2.37. The van der Waals surface area contributed by atoms with E-state index in [1.807, 2.05) is 0 Å². The van der Waals surface area contributed by atoms with E-state index < -0.39 is 24.4 Å². The Kier molecular flexibility index (Phi) is 7.50. The van der Waals surface area contributed by atoms with Crippen molar-refractivity contribution in [2.75, 3.05) is 42.9 Å². The molecule has 2 aromatic rings. The van der Waals surface area contributed by atoms with Gasteiger partial charge >= 0.3 is 5.97 Å². The summed E-state index contributed by atoms with van der Waals surface area (Å²) in [6, 6.07) is 11.5. The molecular formula is C23H25N3O7. The van der Waals surface area contributed by atoms with Gasteiger partial charge in [-0.25, -0.2) is 0 Å². The summed E-state index contributed by atoms with van der Waals surface area (Å²) in [7, 11) is 3.01. The van der Waals surface area contributed by atoms with Crippen molar-refractivity contribution in [1.29, 1.82) is 0 Å². The number of carbonyl (C=O) groups excluding carboxylic acids is 4. The molecular weight excluding hydrogens is 430 g/mol. The minimum Gasteiger partial charge on any atom is -0.497 e. The van der Waals surface area contributed by atoms with E-state index in [-0.39, 0.29) is 24.8 Å². The van der Waals surface area contributed by atoms with Crippen LogP contribution in [0.25, 0.3) is 0 Å². The first-order valence-electron chi connectivity index (χ1n) is 10.2. The second kappa shape index (κ2) is 10.5. The summed E-state index contributed by atoms with van der Waals surface area (Å²) in [5.74, 6) is -1.27. The minimum absolute atomic E-state index is 0.0275. The van der Waals surface area contributed by atoms with Crippen molar-refractivity contribution >= 4 is 40.8 Å². The third-order valence-electron chi connectivity index (χ3n) is 4.97. The van der Waals surface area contributed by atoms with E-state index in [0.717, 1.165) is 0 Å². The number of methoxy groups -OCH3 is 2. The Hall–Kier alpha value is -4.08. The number of nitrogens with zero attached hydrogens (tertiary/aromatic N) is 1. The van der Waals surface area contributed by atoms with Crippen molar-refractivity contribution < 1.29 is 33.4 Å². The van der Waals surface area contributed by atoms with E-state index in [4.69, 9.17) is 14.2 Å². The summed E-state index contributed by atoms with van der Waals surface area (Å²) >= 11 is 0. The van der Waals surface area contributed by atoms with E-state index in [9.17, 15) is 19.2 Å². The quantitative estimate of drug-likeness (QED) is 0.585. The lowest BCUT2D eigenvalue weighted by Gasteiger charge is -2.20. The monoisotopic (exact) mass is 455 g/mol. The van der Waals surface area contributed by atoms with Gasteiger partial charge in [0.25, 0.3) is 5.91 Å². The van der Waals surface area contributed by atoms with Gasteiger partial charge in [0, 0.05) is 37.3 Å². The maximum Gasteiger partial charge on any atom is 0.311 e. The third kappa shape index (κ3) is 6.00. The summed E-state index contributed by atoms with van der Waals surface area (Å²) in [4.78, 5) is 49.6. The molecule has 1 heterocycles. The normalized spacial score (nSPS) is 15.1. The molecule has 0 radical (unpaired) electrons. The van der Waals surface area contributed by atoms with Gasteiger partial charge in [-0.05, 0) is 36.4 Å². The van der Waals surface area contributed by atoms with E-state index in [0.29, 0.717) is 28.6 Å². The molecule has 174 valence electrons. The van der Waals surface area contributed by atoms with Gasteiger partial charge in [-0.1, -0.05) is 0 Å². The number of hydrogen-bond donors (Lipinski definition) is 2. The number of anilines is 3. The van der Waals surface area contributed by atoms with Crippen LogP contribution in [0, 0.1) is 5.92 Å². The zero-order valence-electron chi connectivity index (χ0n) is 18.5. The number of ether oxygens (including phenoxy) is 3. The van der Waals surface area contributed by atoms with E-state index >= 15 is 0 Å². The molecule has 1 aliphatic rings. The topological polar surface area (TPSA) is 123 Å². The fourth-order valence-electron chi connectivity index (χ4n) is 3.40. The molecule has 10 heteroatoms. The van der Waals surface area contributed by atoms with Crippen LogP contribution in [-0.2, 0) is 23.9 Å². The van der Waals surface area contributed by atoms with E-state index in [1.165, 1.54) is 26.0 Å². The standard InChI is InChI=1S/C23H25N3O7/c1-14(27)24-16-4-6-17(7-5-16)25-21(28)13-33-23(30)15-10-22(29)26(12-15)19-9-8-18(31-2)11-20(19)32-3/h4-9,11,15H,10,12-13H2,1-3H3,(H,24,27)(H,25,28)/t15-/m1/s1. The van der Waals surface area contributed by atoms with Gasteiger partial charge in [0.2, 0.25) is 11.8 Å². The predicted molar refractivity (Wildman–Crippen MR) is 120 cm³/mol. The lowest BCUT2D eigenvalue weighted by Crippen LogP contribution is -2.28. The smallest absolute Gasteiger partial charge is 0.311 e. The largest absolute Gasteiger partial charge is 0.497 e. The van der Waals surface area contributed by atoms with Crippen molar-refractivity contribution in [2.45, 2.75) is 13.3 Å². The number of benzene rings is 2. The molecule has 0 unspecified atom stereocenters. The van der Waals surface area contributed by atoms with Gasteiger partial charge in [-0.2, -0.15) is 0 Å². The zero-order valence-corrected chi connectivity index (χ0v) is 18.5. The fourth-order valence-corrected chi connectivity index (χ4v) is 3.40. The average molecular weight is 455 g/mol. The molecule has 0 aromatic heterocycles. The Morgan fingerprint density at radius 2 is 1.67 bits per heavy atom. The van der Waals surface area contributed by atoms with Crippen LogP contribution in [0.4, 0.5) is 17.1 Å². The number of nitrogens with one attached hydrogen (secondary N) is 2. The number of rotatable bonds is 8. The van der Waals surface area contributed by atoms with Crippen LogP contribution in [0.15, 0.2) is 42.5 Å². The van der Waals surface area contributed by atoms with Crippen LogP contribution in [-0.4, -0.2) is 51.1 Å². The highest BCUT2D eigenvalue weighted by atomic mass is 16.5. The molecule has 1 aliphatic heterocycles. The molecule has 10 nitrogen and oxygen atoms in total. The number of amides is 3. The van der Waals surface area contributed by atoms with Crippen molar-refractivity contribution in [3.8, 4) is 11.5 Å². The Balaban J connectivity index is 1.53. The first-order chi connectivity index (χ1) is 15.8. The Bertz CT molecular complexity index is 1050. The molecule has 0 spiro atoms. The molecule has 0 aliphatic carbocycles. The lowest BCUT2D eigenvalue weighted by molar-refractivity contribution is -0.151. The van der Waals surface area contributed by atoms with Crippen LogP contribution in [0.1, 0.15) is 13.3 Å². The van der Waals surface area contributed by atoms with E-state index in [2.05, 4.69) is 10.6 Å². The van der Waals surface area contributed by atoms with Gasteiger partial charge in [0.05, 0.1) is 25.8 Å². The summed E-state index contributed by atoms with van der Waals surface area (Å²) in [5, 5.41) is 5.22. The zero-order chi connectivity index (χ0) is 24.0. The Morgan fingerprint density at radius 1 is 1.00 bits per heavy atom. The van der Waals surface area contributed by atoms with Gasteiger partial charge in [0.1, 0.15) is 11.5 Å². The molecule has 2 aromatic carbocycles. The molecule has 1 fully saturated rings. The highest BCUT2D eigenvalue weighted by molar-refractivity contribution is 6.01. The second-order valence-electron chi connectivity index (χ2n) is 7.36. The fraction of sp³-hybridized carbons (Fsp3) is 0.304. The minimum atomic E-state index is -0.700. The van der Waals surface area contributed by atoms with Crippen LogP contribution in [0.2, 0.25) is 0 Å². The highest BCUT2D eigenvalue weighted by Crippen LogP contribution is 2.36. The van der Waals surface area contributed by atoms with Crippen LogP contribution < -0.4 is 25.0 Å². The second-order valence-corrected chi connectivity index (χ2v) is 7.36. The van der Waals surface area contributed by atoms with E-state index in [1.54, 1.807) is 42.5 Å². The number of carbonyl (C=O) groups is 4. The average Bonchev–Trinajstić information content (AvgIpc) is 3.19. The summed E-state index contributed by atoms with van der Waals surface area (Å²) in [6.45, 7) is 1.03. The van der Waals surface area contributed by atoms with Crippen molar-refractivity contribution in [3.05, 3.63) is 42.5 Å². The molecule has 33 heavy (non-hydrogen) atoms. The van der Waals surface area contributed by atoms with Crippen molar-refractivity contribution in [3.63, 3.8) is 0 Å². The molecule has 3 amide bonds. The first kappa shape index (κ1) is 23.6. The van der Waals surface area contributed by atoms with Gasteiger partial charge in [-0.15, -0.1) is 0 Å². The molecule has 0 bridgehead atoms. The van der Waals surface area contributed by atoms with Gasteiger partial charge in [-0.3, -0.25) is 19.2 Å². The number of esters is 1. The summed E-state index contributed by atoms with van der Waals surface area (Å²) in [6.07, 6.45) is -0.0275. The molecule has 0 saturated carbocycles. The SMILES string of the molecule is COc1ccc(N2C[C@H](C(=O)OCC(=O)Nc3ccc(NC(C)=O)cc3)CC2=O)c(OC)c1. The van der Waals surface area contributed by atoms with Crippen LogP contribution in [0.3, 0.4) is 0 Å². The first-order valence-corrected chi connectivity index (χ1v) is 10.2. The van der Waals surface area contributed by atoms with Crippen molar-refractivity contribution in [1.82, 2.24) is 0 Å². The van der Waals surface area contributed by atoms with Crippen molar-refractivity contribution in [2.24, 2.45) is 5.92 Å². The lowest BCUT2D eigenvalue weighted by atomic mass is 10.1. The van der Waals surface area contributed by atoms with Crippen LogP contribution in [0.5, 0.6) is 11.5 Å².